The third-order valence-electron chi connectivity index (χ3n) is 2.14. The number of rotatable bonds is 2. The molecule has 2 rings (SSSR count). The Morgan fingerprint density at radius 1 is 1.35 bits per heavy atom. The van der Waals surface area contributed by atoms with Crippen molar-refractivity contribution in [3.8, 4) is 0 Å². The molecular formula is C11H10N4O2. The summed E-state index contributed by atoms with van der Waals surface area (Å²) >= 11 is 0. The van der Waals surface area contributed by atoms with Gasteiger partial charge in [-0.15, -0.1) is 0 Å². The number of aryl methyl sites for hydroxylation is 1. The maximum atomic E-state index is 11.7. The van der Waals surface area contributed by atoms with Crippen molar-refractivity contribution in [1.82, 2.24) is 14.5 Å². The summed E-state index contributed by atoms with van der Waals surface area (Å²) in [5.74, 6) is -0.364. The molecular weight excluding hydrogens is 220 g/mol. The highest BCUT2D eigenvalue weighted by Gasteiger charge is 2.07. The lowest BCUT2D eigenvalue weighted by Gasteiger charge is -2.05. The molecule has 0 aromatic carbocycles. The molecule has 0 spiro atoms. The molecule has 1 N–H and O–H groups in total. The first-order valence-electron chi connectivity index (χ1n) is 4.91. The minimum absolute atomic E-state index is 0.137. The Kier molecular flexibility index (Phi) is 2.95. The molecule has 0 aliphatic heterocycles. The van der Waals surface area contributed by atoms with E-state index >= 15 is 0 Å². The van der Waals surface area contributed by atoms with Crippen LogP contribution in [-0.4, -0.2) is 20.4 Å². The van der Waals surface area contributed by atoms with Gasteiger partial charge in [0.2, 0.25) is 5.56 Å². The number of aromatic nitrogens is 3. The maximum absolute atomic E-state index is 11.7. The number of hydrogen-bond donors (Lipinski definition) is 1. The number of pyridine rings is 1. The van der Waals surface area contributed by atoms with Crippen LogP contribution in [0, 0.1) is 0 Å². The summed E-state index contributed by atoms with van der Waals surface area (Å²) in [6, 6.07) is 2.92. The number of hydrogen-bond acceptors (Lipinski definition) is 4. The summed E-state index contributed by atoms with van der Waals surface area (Å²) in [6.45, 7) is 0. The smallest absolute Gasteiger partial charge is 0.275 e. The summed E-state index contributed by atoms with van der Waals surface area (Å²) in [7, 11) is 1.61. The summed E-state index contributed by atoms with van der Waals surface area (Å²) in [4.78, 5) is 30.5. The molecule has 1 amide bonds. The fourth-order valence-corrected chi connectivity index (χ4v) is 1.28. The van der Waals surface area contributed by atoms with Crippen molar-refractivity contribution in [2.24, 2.45) is 7.05 Å². The zero-order valence-electron chi connectivity index (χ0n) is 9.12. The summed E-state index contributed by atoms with van der Waals surface area (Å²) in [6.07, 6.45) is 5.84. The van der Waals surface area contributed by atoms with Crippen LogP contribution in [0.5, 0.6) is 0 Å². The van der Waals surface area contributed by atoms with Crippen LogP contribution in [0.15, 0.2) is 41.7 Å². The van der Waals surface area contributed by atoms with E-state index in [9.17, 15) is 9.59 Å². The third-order valence-corrected chi connectivity index (χ3v) is 2.14. The van der Waals surface area contributed by atoms with Gasteiger partial charge in [-0.1, -0.05) is 0 Å². The predicted molar refractivity (Wildman–Crippen MR) is 61.7 cm³/mol. The maximum Gasteiger partial charge on any atom is 0.275 e. The van der Waals surface area contributed by atoms with E-state index in [0.29, 0.717) is 5.69 Å². The first-order chi connectivity index (χ1) is 8.16. The topological polar surface area (TPSA) is 76.9 Å². The fraction of sp³-hybridized carbons (Fsp3) is 0.0909. The van der Waals surface area contributed by atoms with Gasteiger partial charge in [-0.25, -0.2) is 4.98 Å². The van der Waals surface area contributed by atoms with Crippen LogP contribution in [-0.2, 0) is 7.05 Å². The van der Waals surface area contributed by atoms with E-state index in [-0.39, 0.29) is 17.2 Å². The normalized spacial score (nSPS) is 9.94. The second-order valence-corrected chi connectivity index (χ2v) is 3.41. The van der Waals surface area contributed by atoms with Crippen molar-refractivity contribution < 1.29 is 4.79 Å². The average Bonchev–Trinajstić information content (AvgIpc) is 2.35. The number of carbonyl (C=O) groups excluding carboxylic acids is 1. The molecule has 0 saturated carbocycles. The molecule has 6 nitrogen and oxygen atoms in total. The highest BCUT2D eigenvalue weighted by molar-refractivity contribution is 6.02. The van der Waals surface area contributed by atoms with Crippen LogP contribution >= 0.6 is 0 Å². The molecule has 0 atom stereocenters. The Labute approximate surface area is 97.0 Å². The molecule has 6 heteroatoms. The second kappa shape index (κ2) is 4.56. The lowest BCUT2D eigenvalue weighted by atomic mass is 10.3. The van der Waals surface area contributed by atoms with E-state index in [0.717, 1.165) is 0 Å². The molecule has 2 aromatic heterocycles. The van der Waals surface area contributed by atoms with Crippen molar-refractivity contribution in [3.63, 3.8) is 0 Å². The van der Waals surface area contributed by atoms with Crippen molar-refractivity contribution in [2.45, 2.75) is 0 Å². The number of nitrogens with zero attached hydrogens (tertiary/aromatic N) is 3. The van der Waals surface area contributed by atoms with Gasteiger partial charge in [-0.2, -0.15) is 0 Å². The average molecular weight is 230 g/mol. The van der Waals surface area contributed by atoms with Crippen LogP contribution in [0.1, 0.15) is 10.5 Å². The zero-order chi connectivity index (χ0) is 12.3. The van der Waals surface area contributed by atoms with E-state index in [1.807, 2.05) is 0 Å². The van der Waals surface area contributed by atoms with Gasteiger partial charge in [-0.3, -0.25) is 14.6 Å². The van der Waals surface area contributed by atoms with Crippen molar-refractivity contribution in [3.05, 3.63) is 53.0 Å². The largest absolute Gasteiger partial charge is 0.319 e. The molecule has 2 aromatic rings. The first kappa shape index (κ1) is 11.0. The Morgan fingerprint density at radius 3 is 2.82 bits per heavy atom. The summed E-state index contributed by atoms with van der Waals surface area (Å²) in [5.41, 5.74) is 0.617. The van der Waals surface area contributed by atoms with Crippen molar-refractivity contribution >= 4 is 11.6 Å². The van der Waals surface area contributed by atoms with Crippen LogP contribution in [0.3, 0.4) is 0 Å². The number of carbonyl (C=O) groups is 1. The van der Waals surface area contributed by atoms with Gasteiger partial charge in [0.25, 0.3) is 5.91 Å². The molecule has 17 heavy (non-hydrogen) atoms. The molecule has 86 valence electrons. The highest BCUT2D eigenvalue weighted by Crippen LogP contribution is 2.04. The van der Waals surface area contributed by atoms with E-state index in [1.54, 1.807) is 7.05 Å². The highest BCUT2D eigenvalue weighted by atomic mass is 16.2. The van der Waals surface area contributed by atoms with Crippen molar-refractivity contribution in [1.29, 1.82) is 0 Å². The monoisotopic (exact) mass is 230 g/mol. The number of nitrogens with one attached hydrogen (secondary N) is 1. The lowest BCUT2D eigenvalue weighted by molar-refractivity contribution is 0.102. The second-order valence-electron chi connectivity index (χ2n) is 3.41. The SMILES string of the molecule is Cn1cc(NC(=O)c2cnccn2)ccc1=O. The molecule has 0 aliphatic rings. The lowest BCUT2D eigenvalue weighted by Crippen LogP contribution is -2.18. The van der Waals surface area contributed by atoms with Gasteiger partial charge in [0.15, 0.2) is 0 Å². The minimum Gasteiger partial charge on any atom is -0.319 e. The summed E-state index contributed by atoms with van der Waals surface area (Å²) < 4.78 is 1.38. The standard InChI is InChI=1S/C11H10N4O2/c1-15-7-8(2-3-10(15)16)14-11(17)9-6-12-4-5-13-9/h2-7H,1H3,(H,14,17). The molecule has 0 unspecified atom stereocenters. The Bertz CT molecular complexity index is 592. The predicted octanol–water partition coefficient (Wildman–Crippen LogP) is 0.428. The fourth-order valence-electron chi connectivity index (χ4n) is 1.28. The first-order valence-corrected chi connectivity index (χ1v) is 4.91. The third kappa shape index (κ3) is 2.54. The van der Waals surface area contributed by atoms with Gasteiger partial charge in [0.05, 0.1) is 11.9 Å². The molecule has 0 bridgehead atoms. The van der Waals surface area contributed by atoms with Gasteiger partial charge in [0.1, 0.15) is 5.69 Å². The zero-order valence-corrected chi connectivity index (χ0v) is 9.12. The Balaban J connectivity index is 2.19. The van der Waals surface area contributed by atoms with E-state index < -0.39 is 0 Å². The van der Waals surface area contributed by atoms with Gasteiger partial charge >= 0.3 is 0 Å². The molecule has 0 saturated heterocycles. The summed E-state index contributed by atoms with van der Waals surface area (Å²) in [5, 5.41) is 2.63. The number of amides is 1. The van der Waals surface area contributed by atoms with E-state index in [1.165, 1.54) is 41.5 Å². The number of anilines is 1. The van der Waals surface area contributed by atoms with Gasteiger partial charge < -0.3 is 9.88 Å². The minimum atomic E-state index is -0.364. The quantitative estimate of drug-likeness (QED) is 0.811. The van der Waals surface area contributed by atoms with Gasteiger partial charge in [0, 0.05) is 31.7 Å². The molecule has 0 fully saturated rings. The molecule has 2 heterocycles. The van der Waals surface area contributed by atoms with Crippen LogP contribution in [0.25, 0.3) is 0 Å². The molecule has 0 radical (unpaired) electrons. The van der Waals surface area contributed by atoms with Crippen molar-refractivity contribution in [2.75, 3.05) is 5.32 Å². The Morgan fingerprint density at radius 2 is 2.18 bits per heavy atom. The van der Waals surface area contributed by atoms with E-state index in [4.69, 9.17) is 0 Å². The Hall–Kier alpha value is -2.50. The van der Waals surface area contributed by atoms with Crippen LogP contribution in [0.4, 0.5) is 5.69 Å². The van der Waals surface area contributed by atoms with E-state index in [2.05, 4.69) is 15.3 Å². The molecule has 0 aliphatic carbocycles. The van der Waals surface area contributed by atoms with Crippen LogP contribution in [0.2, 0.25) is 0 Å². The van der Waals surface area contributed by atoms with Crippen LogP contribution < -0.4 is 10.9 Å². The van der Waals surface area contributed by atoms with Gasteiger partial charge in [-0.05, 0) is 6.07 Å².